The van der Waals surface area contributed by atoms with Crippen LogP contribution in [0.2, 0.25) is 0 Å². The van der Waals surface area contributed by atoms with Gasteiger partial charge in [0, 0.05) is 0 Å². The molecule has 0 unspecified atom stereocenters. The number of nitrogens with one attached hydrogen (secondary N) is 1. The summed E-state index contributed by atoms with van der Waals surface area (Å²) in [6, 6.07) is 11.0. The molecule has 0 aliphatic rings. The zero-order valence-electron chi connectivity index (χ0n) is 15.1. The number of aryl methyl sites for hydroxylation is 1. The lowest BCUT2D eigenvalue weighted by atomic mass is 10.2. The van der Waals surface area contributed by atoms with Crippen LogP contribution in [-0.2, 0) is 10.5 Å². The Morgan fingerprint density at radius 2 is 2.18 bits per heavy atom. The van der Waals surface area contributed by atoms with Gasteiger partial charge in [-0.05, 0) is 36.8 Å². The number of esters is 1. The van der Waals surface area contributed by atoms with Crippen molar-refractivity contribution in [2.75, 3.05) is 7.11 Å². The first kappa shape index (κ1) is 18.1. The largest absolute Gasteiger partial charge is 0.463 e. The lowest BCUT2D eigenvalue weighted by Crippen LogP contribution is -2.09. The molecule has 3 aromatic heterocycles. The van der Waals surface area contributed by atoms with Gasteiger partial charge in [0.1, 0.15) is 11.1 Å². The third kappa shape index (κ3) is 3.44. The van der Waals surface area contributed by atoms with E-state index in [1.165, 1.54) is 25.1 Å². The predicted octanol–water partition coefficient (Wildman–Crippen LogP) is 3.09. The number of aromatic amines is 1. The number of rotatable bonds is 5. The summed E-state index contributed by atoms with van der Waals surface area (Å²) in [7, 11) is 1.29. The summed E-state index contributed by atoms with van der Waals surface area (Å²) in [6.07, 6.45) is 1.51. The highest BCUT2D eigenvalue weighted by Gasteiger charge is 2.14. The van der Waals surface area contributed by atoms with Gasteiger partial charge < -0.3 is 14.1 Å². The van der Waals surface area contributed by atoms with Crippen molar-refractivity contribution in [2.45, 2.75) is 17.8 Å². The van der Waals surface area contributed by atoms with Crippen LogP contribution in [-0.4, -0.2) is 32.8 Å². The van der Waals surface area contributed by atoms with E-state index in [9.17, 15) is 9.59 Å². The van der Waals surface area contributed by atoms with Gasteiger partial charge in [0.2, 0.25) is 5.76 Å². The smallest absolute Gasteiger partial charge is 0.373 e. The predicted molar refractivity (Wildman–Crippen MR) is 104 cm³/mol. The number of hydrogen-bond acceptors (Lipinski definition) is 7. The number of H-pyrrole nitrogens is 1. The molecule has 0 fully saturated rings. The number of benzene rings is 1. The van der Waals surface area contributed by atoms with E-state index in [1.54, 1.807) is 16.8 Å². The minimum Gasteiger partial charge on any atom is -0.463 e. The summed E-state index contributed by atoms with van der Waals surface area (Å²) in [5, 5.41) is 5.16. The molecule has 8 nitrogen and oxygen atoms in total. The number of furan rings is 1. The SMILES string of the molecule is COC(=O)c1ccc(CSc2nc3c(cnn3-c3cccc(C)c3)c(=O)[nH]2)o1. The van der Waals surface area contributed by atoms with Crippen molar-refractivity contribution in [1.29, 1.82) is 0 Å². The third-order valence-electron chi connectivity index (χ3n) is 4.06. The summed E-state index contributed by atoms with van der Waals surface area (Å²) in [6.45, 7) is 1.99. The number of thioether (sulfide) groups is 1. The van der Waals surface area contributed by atoms with Crippen LogP contribution in [0, 0.1) is 6.92 Å². The molecule has 0 aliphatic carbocycles. The van der Waals surface area contributed by atoms with Crippen LogP contribution >= 0.6 is 11.8 Å². The number of carbonyl (C=O) groups is 1. The Kier molecular flexibility index (Phi) is 4.74. The fourth-order valence-corrected chi connectivity index (χ4v) is 3.47. The molecule has 4 aromatic rings. The second-order valence-corrected chi connectivity index (χ2v) is 7.01. The average molecular weight is 396 g/mol. The third-order valence-corrected chi connectivity index (χ3v) is 4.96. The molecule has 142 valence electrons. The summed E-state index contributed by atoms with van der Waals surface area (Å²) in [5.41, 5.74) is 2.13. The van der Waals surface area contributed by atoms with E-state index in [4.69, 9.17) is 4.42 Å². The lowest BCUT2D eigenvalue weighted by molar-refractivity contribution is 0.0563. The van der Waals surface area contributed by atoms with Crippen molar-refractivity contribution in [3.8, 4) is 5.69 Å². The molecule has 3 heterocycles. The van der Waals surface area contributed by atoms with Crippen LogP contribution in [0.5, 0.6) is 0 Å². The number of hydrogen-bond donors (Lipinski definition) is 1. The first-order valence-corrected chi connectivity index (χ1v) is 9.38. The van der Waals surface area contributed by atoms with Gasteiger partial charge in [-0.25, -0.2) is 14.5 Å². The van der Waals surface area contributed by atoms with Crippen molar-refractivity contribution in [3.05, 3.63) is 70.0 Å². The van der Waals surface area contributed by atoms with E-state index in [1.807, 2.05) is 31.2 Å². The maximum atomic E-state index is 12.4. The molecule has 1 aromatic carbocycles. The monoisotopic (exact) mass is 396 g/mol. The van der Waals surface area contributed by atoms with Gasteiger partial charge in [0.25, 0.3) is 5.56 Å². The van der Waals surface area contributed by atoms with E-state index in [-0.39, 0.29) is 11.3 Å². The van der Waals surface area contributed by atoms with Crippen molar-refractivity contribution in [1.82, 2.24) is 19.7 Å². The zero-order chi connectivity index (χ0) is 19.7. The van der Waals surface area contributed by atoms with Crippen molar-refractivity contribution in [2.24, 2.45) is 0 Å². The Morgan fingerprint density at radius 3 is 2.96 bits per heavy atom. The van der Waals surface area contributed by atoms with Gasteiger partial charge in [-0.1, -0.05) is 23.9 Å². The van der Waals surface area contributed by atoms with Gasteiger partial charge in [0.05, 0.1) is 24.7 Å². The Labute approximate surface area is 163 Å². The van der Waals surface area contributed by atoms with Crippen molar-refractivity contribution >= 4 is 28.8 Å². The van der Waals surface area contributed by atoms with Gasteiger partial charge in [-0.3, -0.25) is 4.79 Å². The maximum Gasteiger partial charge on any atom is 0.373 e. The first-order valence-electron chi connectivity index (χ1n) is 8.40. The normalized spacial score (nSPS) is 11.1. The van der Waals surface area contributed by atoms with Crippen LogP contribution in [0.25, 0.3) is 16.7 Å². The summed E-state index contributed by atoms with van der Waals surface area (Å²) < 4.78 is 11.7. The van der Waals surface area contributed by atoms with Crippen LogP contribution in [0.4, 0.5) is 0 Å². The molecule has 28 heavy (non-hydrogen) atoms. The fourth-order valence-electron chi connectivity index (χ4n) is 2.72. The maximum absolute atomic E-state index is 12.4. The molecule has 1 N–H and O–H groups in total. The topological polar surface area (TPSA) is 103 Å². The highest BCUT2D eigenvalue weighted by molar-refractivity contribution is 7.98. The Hall–Kier alpha value is -3.33. The molecule has 0 saturated heterocycles. The molecule has 0 spiro atoms. The van der Waals surface area contributed by atoms with Crippen LogP contribution in [0.1, 0.15) is 21.9 Å². The molecule has 0 bridgehead atoms. The standard InChI is InChI=1S/C19H16N4O4S/c1-11-4-3-5-12(8-11)23-16-14(9-20-23)17(24)22-19(21-16)28-10-13-6-7-15(27-13)18(25)26-2/h3-9H,10H2,1-2H3,(H,21,22,24). The molecule has 0 atom stereocenters. The van der Waals surface area contributed by atoms with Gasteiger partial charge in [-0.15, -0.1) is 0 Å². The van der Waals surface area contributed by atoms with E-state index < -0.39 is 5.97 Å². The molecule has 0 saturated carbocycles. The number of aromatic nitrogens is 4. The molecule has 0 amide bonds. The number of fused-ring (bicyclic) bond motifs is 1. The molecule has 0 radical (unpaired) electrons. The molecule has 0 aliphatic heterocycles. The second-order valence-electron chi connectivity index (χ2n) is 6.05. The van der Waals surface area contributed by atoms with Crippen LogP contribution in [0.3, 0.4) is 0 Å². The second kappa shape index (κ2) is 7.35. The molecular formula is C19H16N4O4S. The lowest BCUT2D eigenvalue weighted by Gasteiger charge is -2.05. The van der Waals surface area contributed by atoms with Gasteiger partial charge >= 0.3 is 5.97 Å². The molecule has 4 rings (SSSR count). The number of ether oxygens (including phenoxy) is 1. The van der Waals surface area contributed by atoms with Crippen molar-refractivity contribution in [3.63, 3.8) is 0 Å². The number of carbonyl (C=O) groups excluding carboxylic acids is 1. The fraction of sp³-hybridized carbons (Fsp3) is 0.158. The molecule has 9 heteroatoms. The Bertz CT molecular complexity index is 1220. The zero-order valence-corrected chi connectivity index (χ0v) is 15.9. The number of methoxy groups -OCH3 is 1. The van der Waals surface area contributed by atoms with Crippen molar-refractivity contribution < 1.29 is 13.9 Å². The van der Waals surface area contributed by atoms with E-state index in [2.05, 4.69) is 19.8 Å². The first-order chi connectivity index (χ1) is 13.5. The average Bonchev–Trinajstić information content (AvgIpc) is 3.33. The van der Waals surface area contributed by atoms with Gasteiger partial charge in [0.15, 0.2) is 10.8 Å². The summed E-state index contributed by atoms with van der Waals surface area (Å²) in [4.78, 5) is 31.2. The van der Waals surface area contributed by atoms with E-state index in [0.717, 1.165) is 11.3 Å². The van der Waals surface area contributed by atoms with E-state index >= 15 is 0 Å². The Balaban J connectivity index is 1.63. The highest BCUT2D eigenvalue weighted by atomic mass is 32.2. The van der Waals surface area contributed by atoms with Gasteiger partial charge in [-0.2, -0.15) is 5.10 Å². The van der Waals surface area contributed by atoms with Crippen LogP contribution < -0.4 is 5.56 Å². The summed E-state index contributed by atoms with van der Waals surface area (Å²) in [5.74, 6) is 0.559. The van der Waals surface area contributed by atoms with Crippen LogP contribution in [0.15, 0.2) is 57.0 Å². The highest BCUT2D eigenvalue weighted by Crippen LogP contribution is 2.22. The van der Waals surface area contributed by atoms with E-state index in [0.29, 0.717) is 27.7 Å². The minimum absolute atomic E-state index is 0.132. The summed E-state index contributed by atoms with van der Waals surface area (Å²) >= 11 is 1.29. The molecular weight excluding hydrogens is 380 g/mol. The quantitative estimate of drug-likeness (QED) is 0.314. The number of nitrogens with zero attached hydrogens (tertiary/aromatic N) is 3. The minimum atomic E-state index is -0.536. The Morgan fingerprint density at radius 1 is 1.32 bits per heavy atom.